The highest BCUT2D eigenvalue weighted by molar-refractivity contribution is 5.69. The van der Waals surface area contributed by atoms with Gasteiger partial charge in [0.1, 0.15) is 54.9 Å². The first-order valence-electron chi connectivity index (χ1n) is 26.2. The second-order valence-electron chi connectivity index (χ2n) is 17.9. The molecule has 11 atom stereocenters. The molecule has 0 aromatic carbocycles. The van der Waals surface area contributed by atoms with Crippen molar-refractivity contribution in [3.05, 3.63) is 85.1 Å². The fraction of sp³-hybridized carbons (Fsp3) is 0.727. The molecule has 0 aromatic heterocycles. The lowest BCUT2D eigenvalue weighted by Gasteiger charge is -2.42. The molecule has 2 rings (SSSR count). The molecule has 2 aliphatic rings. The molecule has 2 saturated heterocycles. The Labute approximate surface area is 414 Å². The van der Waals surface area contributed by atoms with E-state index in [0.717, 1.165) is 122 Å². The van der Waals surface area contributed by atoms with Crippen LogP contribution in [0.5, 0.6) is 0 Å². The van der Waals surface area contributed by atoms with Gasteiger partial charge in [-0.3, -0.25) is 4.79 Å². The van der Waals surface area contributed by atoms with E-state index in [2.05, 4.69) is 98.9 Å². The molecule has 0 radical (unpaired) electrons. The van der Waals surface area contributed by atoms with Crippen molar-refractivity contribution in [2.75, 3.05) is 33.0 Å². The number of esters is 1. The van der Waals surface area contributed by atoms with Gasteiger partial charge < -0.3 is 64.2 Å². The summed E-state index contributed by atoms with van der Waals surface area (Å²) in [6.07, 6.45) is 36.4. The molecule has 14 heteroatoms. The van der Waals surface area contributed by atoms with Crippen molar-refractivity contribution in [1.82, 2.24) is 0 Å². The monoisotopic (exact) mass is 977 g/mol. The van der Waals surface area contributed by atoms with Gasteiger partial charge in [0.2, 0.25) is 0 Å². The number of carbonyl (C=O) groups excluding carboxylic acids is 1. The molecule has 7 N–H and O–H groups in total. The van der Waals surface area contributed by atoms with Crippen LogP contribution in [0.4, 0.5) is 0 Å². The van der Waals surface area contributed by atoms with Crippen molar-refractivity contribution in [2.45, 2.75) is 223 Å². The standard InChI is InChI=1S/C55H92O14/c1-3-5-7-9-11-13-15-17-19-21-22-23-24-26-28-30-32-34-36-38-47(57)67-44(41-64-39-37-35-33-31-29-27-25-20-18-16-14-12-10-8-6-4-2)42-65-54-53(63)51(61)49(59)46(69-54)43-66-55-52(62)50(60)48(58)45(40-56)68-55/h5-8,11-14,17-20,22-23,44-46,48-56,58-63H,3-4,9-10,15-16,21,24-43H2,1-2H3/b7-5-,8-6-,13-11-,14-12-,19-17-,20-18-,23-22-. The highest BCUT2D eigenvalue weighted by Gasteiger charge is 2.47. The molecule has 396 valence electrons. The number of hydrogen-bond acceptors (Lipinski definition) is 14. The van der Waals surface area contributed by atoms with Crippen molar-refractivity contribution >= 4 is 5.97 Å². The lowest BCUT2D eigenvalue weighted by atomic mass is 9.98. The number of rotatable bonds is 40. The maximum atomic E-state index is 13.0. The van der Waals surface area contributed by atoms with E-state index in [9.17, 15) is 40.5 Å². The largest absolute Gasteiger partial charge is 0.457 e. The van der Waals surface area contributed by atoms with Crippen LogP contribution in [0, 0.1) is 0 Å². The first-order valence-corrected chi connectivity index (χ1v) is 26.2. The third-order valence-corrected chi connectivity index (χ3v) is 11.9. The van der Waals surface area contributed by atoms with Gasteiger partial charge in [0.05, 0.1) is 26.4 Å². The second-order valence-corrected chi connectivity index (χ2v) is 17.9. The highest BCUT2D eigenvalue weighted by Crippen LogP contribution is 2.26. The molecule has 14 nitrogen and oxygen atoms in total. The smallest absolute Gasteiger partial charge is 0.306 e. The Bertz CT molecular complexity index is 1460. The van der Waals surface area contributed by atoms with Crippen LogP contribution < -0.4 is 0 Å². The van der Waals surface area contributed by atoms with E-state index >= 15 is 0 Å². The van der Waals surface area contributed by atoms with Gasteiger partial charge in [-0.2, -0.15) is 0 Å². The van der Waals surface area contributed by atoms with Crippen LogP contribution in [0.15, 0.2) is 85.1 Å². The van der Waals surface area contributed by atoms with E-state index < -0.39 is 86.7 Å². The molecule has 0 amide bonds. The van der Waals surface area contributed by atoms with Gasteiger partial charge in [-0.1, -0.05) is 150 Å². The van der Waals surface area contributed by atoms with Crippen molar-refractivity contribution < 1.29 is 69.0 Å². The van der Waals surface area contributed by atoms with Gasteiger partial charge in [-0.05, 0) is 83.5 Å². The lowest BCUT2D eigenvalue weighted by Crippen LogP contribution is -2.61. The maximum Gasteiger partial charge on any atom is 0.306 e. The molecule has 0 bridgehead atoms. The van der Waals surface area contributed by atoms with Gasteiger partial charge in [-0.15, -0.1) is 0 Å². The quantitative estimate of drug-likeness (QED) is 0.0176. The fourth-order valence-corrected chi connectivity index (χ4v) is 7.70. The van der Waals surface area contributed by atoms with E-state index in [4.69, 9.17) is 28.4 Å². The summed E-state index contributed by atoms with van der Waals surface area (Å²) in [5, 5.41) is 72.2. The van der Waals surface area contributed by atoms with Crippen molar-refractivity contribution in [3.63, 3.8) is 0 Å². The molecular formula is C55H92O14. The van der Waals surface area contributed by atoms with Crippen LogP contribution in [0.25, 0.3) is 0 Å². The van der Waals surface area contributed by atoms with E-state index in [1.54, 1.807) is 0 Å². The number of aliphatic hydroxyl groups is 7. The van der Waals surface area contributed by atoms with E-state index in [-0.39, 0.29) is 19.6 Å². The zero-order chi connectivity index (χ0) is 50.2. The van der Waals surface area contributed by atoms with Crippen LogP contribution in [0.1, 0.15) is 155 Å². The van der Waals surface area contributed by atoms with E-state index in [0.29, 0.717) is 13.0 Å². The Kier molecular flexibility index (Phi) is 37.7. The van der Waals surface area contributed by atoms with Crippen molar-refractivity contribution in [3.8, 4) is 0 Å². The molecule has 2 aliphatic heterocycles. The van der Waals surface area contributed by atoms with Gasteiger partial charge in [-0.25, -0.2) is 0 Å². The third-order valence-electron chi connectivity index (χ3n) is 11.9. The van der Waals surface area contributed by atoms with Gasteiger partial charge in [0.15, 0.2) is 12.6 Å². The Hall–Kier alpha value is -2.83. The molecule has 69 heavy (non-hydrogen) atoms. The average Bonchev–Trinajstić information content (AvgIpc) is 3.35. The minimum atomic E-state index is -1.72. The van der Waals surface area contributed by atoms with Crippen LogP contribution >= 0.6 is 0 Å². The molecule has 0 aromatic rings. The first kappa shape index (κ1) is 62.3. The Morgan fingerprint density at radius 1 is 0.478 bits per heavy atom. The summed E-state index contributed by atoms with van der Waals surface area (Å²) in [4.78, 5) is 13.0. The highest BCUT2D eigenvalue weighted by atomic mass is 16.7. The second kappa shape index (κ2) is 41.8. The summed E-state index contributed by atoms with van der Waals surface area (Å²) < 4.78 is 34.3. The van der Waals surface area contributed by atoms with Crippen LogP contribution in [0.3, 0.4) is 0 Å². The topological polar surface area (TPSA) is 214 Å². The minimum Gasteiger partial charge on any atom is -0.457 e. The van der Waals surface area contributed by atoms with E-state index in [1.807, 2.05) is 0 Å². The fourth-order valence-electron chi connectivity index (χ4n) is 7.70. The minimum absolute atomic E-state index is 0.0413. The lowest BCUT2D eigenvalue weighted by molar-refractivity contribution is -0.332. The normalized spacial score (nSPS) is 26.4. The summed E-state index contributed by atoms with van der Waals surface area (Å²) >= 11 is 0. The molecule has 11 unspecified atom stereocenters. The van der Waals surface area contributed by atoms with Gasteiger partial charge in [0, 0.05) is 13.0 Å². The number of hydrogen-bond donors (Lipinski definition) is 7. The summed E-state index contributed by atoms with van der Waals surface area (Å²) in [6, 6.07) is 0. The summed E-state index contributed by atoms with van der Waals surface area (Å²) in [5.41, 5.74) is 0. The molecule has 0 saturated carbocycles. The Morgan fingerprint density at radius 2 is 0.899 bits per heavy atom. The van der Waals surface area contributed by atoms with Crippen LogP contribution in [0.2, 0.25) is 0 Å². The molecule has 0 spiro atoms. The summed E-state index contributed by atoms with van der Waals surface area (Å²) in [5.74, 6) is -0.399. The SMILES string of the molecule is CC/C=C\C/C=C\C/C=C\C/C=C\CCCCCCCCC(=O)OC(COCCCCCCCC/C=C\C/C=C\C/C=C\CC)COC1OC(COC2OC(CO)C(O)C(O)C2O)C(O)C(O)C1O. The number of carbonyl (C=O) groups is 1. The zero-order valence-electron chi connectivity index (χ0n) is 42.0. The Morgan fingerprint density at radius 3 is 1.41 bits per heavy atom. The van der Waals surface area contributed by atoms with Crippen molar-refractivity contribution in [2.24, 2.45) is 0 Å². The summed E-state index contributed by atoms with van der Waals surface area (Å²) in [6.45, 7) is 3.39. The van der Waals surface area contributed by atoms with Gasteiger partial charge in [0.25, 0.3) is 0 Å². The number of ether oxygens (including phenoxy) is 6. The molecular weight excluding hydrogens is 885 g/mol. The Balaban J connectivity index is 1.78. The summed E-state index contributed by atoms with van der Waals surface area (Å²) in [7, 11) is 0. The van der Waals surface area contributed by atoms with E-state index in [1.165, 1.54) is 6.42 Å². The zero-order valence-corrected chi connectivity index (χ0v) is 42.0. The van der Waals surface area contributed by atoms with Crippen LogP contribution in [-0.4, -0.2) is 142 Å². The third kappa shape index (κ3) is 29.3. The average molecular weight is 977 g/mol. The first-order chi connectivity index (χ1) is 33.6. The molecule has 2 fully saturated rings. The number of aliphatic hydroxyl groups excluding tert-OH is 7. The maximum absolute atomic E-state index is 13.0. The number of allylic oxidation sites excluding steroid dienone is 14. The predicted octanol–water partition coefficient (Wildman–Crippen LogP) is 8.07. The van der Waals surface area contributed by atoms with Crippen LogP contribution in [-0.2, 0) is 33.2 Å². The number of unbranched alkanes of at least 4 members (excludes halogenated alkanes) is 12. The van der Waals surface area contributed by atoms with Crippen molar-refractivity contribution in [1.29, 1.82) is 0 Å². The molecule has 2 heterocycles. The molecule has 0 aliphatic carbocycles. The van der Waals surface area contributed by atoms with Gasteiger partial charge >= 0.3 is 5.97 Å². The predicted molar refractivity (Wildman–Crippen MR) is 270 cm³/mol.